The van der Waals surface area contributed by atoms with Crippen LogP contribution in [0.5, 0.6) is 0 Å². The number of carbonyl (C=O) groups is 2. The van der Waals surface area contributed by atoms with Gasteiger partial charge in [-0.1, -0.05) is 30.3 Å². The van der Waals surface area contributed by atoms with Crippen molar-refractivity contribution in [3.63, 3.8) is 0 Å². The summed E-state index contributed by atoms with van der Waals surface area (Å²) < 4.78 is 28.2. The molecular formula is C26H31N3O4S. The predicted octanol–water partition coefficient (Wildman–Crippen LogP) is 3.09. The molecule has 1 saturated heterocycles. The Hall–Kier alpha value is -2.71. The molecular weight excluding hydrogens is 450 g/mol. The molecule has 7 nitrogen and oxygen atoms in total. The highest BCUT2D eigenvalue weighted by Crippen LogP contribution is 2.40. The molecule has 0 aromatic heterocycles. The molecule has 1 saturated carbocycles. The average Bonchev–Trinajstić information content (AvgIpc) is 3.65. The van der Waals surface area contributed by atoms with E-state index in [0.717, 1.165) is 29.7 Å². The number of fused-ring (bicyclic) bond motifs is 1. The van der Waals surface area contributed by atoms with E-state index in [0.29, 0.717) is 38.9 Å². The Morgan fingerprint density at radius 3 is 2.35 bits per heavy atom. The molecule has 2 fully saturated rings. The minimum Gasteiger partial charge on any atom is -0.352 e. The number of nitrogens with one attached hydrogen (secondary N) is 1. The molecule has 2 heterocycles. The summed E-state index contributed by atoms with van der Waals surface area (Å²) in [5.74, 6) is 0.0864. The number of sulfonamides is 1. The number of carbonyl (C=O) groups excluding carboxylic acids is 2. The van der Waals surface area contributed by atoms with Crippen molar-refractivity contribution >= 4 is 27.5 Å². The van der Waals surface area contributed by atoms with E-state index >= 15 is 0 Å². The molecule has 3 aliphatic rings. The molecule has 2 aliphatic heterocycles. The monoisotopic (exact) mass is 481 g/mol. The van der Waals surface area contributed by atoms with E-state index in [1.807, 2.05) is 42.2 Å². The normalized spacial score (nSPS) is 21.3. The van der Waals surface area contributed by atoms with Crippen LogP contribution in [0.25, 0.3) is 0 Å². The number of anilines is 1. The largest absolute Gasteiger partial charge is 0.352 e. The number of rotatable bonds is 6. The highest BCUT2D eigenvalue weighted by Gasteiger charge is 2.40. The van der Waals surface area contributed by atoms with Crippen LogP contribution in [0.2, 0.25) is 0 Å². The number of hydrogen-bond acceptors (Lipinski definition) is 4. The fourth-order valence-corrected chi connectivity index (χ4v) is 6.59. The van der Waals surface area contributed by atoms with E-state index in [4.69, 9.17) is 0 Å². The number of hydrogen-bond donors (Lipinski definition) is 1. The maximum Gasteiger partial charge on any atom is 0.243 e. The van der Waals surface area contributed by atoms with Crippen molar-refractivity contribution in [1.29, 1.82) is 0 Å². The van der Waals surface area contributed by atoms with Crippen molar-refractivity contribution in [1.82, 2.24) is 9.62 Å². The van der Waals surface area contributed by atoms with Gasteiger partial charge in [-0.25, -0.2) is 8.42 Å². The number of nitrogens with zero attached hydrogens (tertiary/aromatic N) is 2. The second-order valence-electron chi connectivity index (χ2n) is 9.71. The molecule has 1 aliphatic carbocycles. The van der Waals surface area contributed by atoms with Gasteiger partial charge in [-0.3, -0.25) is 9.59 Å². The Kier molecular flexibility index (Phi) is 6.20. The Balaban J connectivity index is 1.22. The maximum absolute atomic E-state index is 13.3. The van der Waals surface area contributed by atoms with Crippen LogP contribution in [-0.4, -0.2) is 43.7 Å². The fourth-order valence-electron chi connectivity index (χ4n) is 5.07. The second-order valence-corrected chi connectivity index (χ2v) is 11.6. The van der Waals surface area contributed by atoms with Crippen LogP contribution in [0.15, 0.2) is 53.4 Å². The number of piperidine rings is 1. The summed E-state index contributed by atoms with van der Waals surface area (Å²) in [4.78, 5) is 27.4. The molecule has 0 unspecified atom stereocenters. The van der Waals surface area contributed by atoms with Gasteiger partial charge in [0.15, 0.2) is 0 Å². The fraction of sp³-hybridized carbons (Fsp3) is 0.462. The van der Waals surface area contributed by atoms with Crippen LogP contribution in [0.4, 0.5) is 5.69 Å². The molecule has 0 bridgehead atoms. The molecule has 2 aromatic carbocycles. The summed E-state index contributed by atoms with van der Waals surface area (Å²) in [6.45, 7) is 3.14. The minimum atomic E-state index is -3.65. The van der Waals surface area contributed by atoms with Crippen molar-refractivity contribution in [2.24, 2.45) is 11.8 Å². The summed E-state index contributed by atoms with van der Waals surface area (Å²) in [6.07, 6.45) is 3.58. The van der Waals surface area contributed by atoms with Gasteiger partial charge >= 0.3 is 0 Å². The van der Waals surface area contributed by atoms with Crippen molar-refractivity contribution in [2.45, 2.75) is 56.5 Å². The SMILES string of the molecule is C[C@@H]1Cc2cc(S(=O)(=O)N3CCC(C(=O)NCc4ccccc4)CC3)ccc2N1C(=O)C1CC1. The van der Waals surface area contributed by atoms with Gasteiger partial charge < -0.3 is 10.2 Å². The Bertz CT molecular complexity index is 1190. The van der Waals surface area contributed by atoms with Gasteiger partial charge in [0.25, 0.3) is 0 Å². The van der Waals surface area contributed by atoms with Gasteiger partial charge in [-0.2, -0.15) is 4.31 Å². The molecule has 0 radical (unpaired) electrons. The first-order valence-corrected chi connectivity index (χ1v) is 13.6. The summed E-state index contributed by atoms with van der Waals surface area (Å²) in [5, 5.41) is 2.97. The lowest BCUT2D eigenvalue weighted by Crippen LogP contribution is -2.42. The van der Waals surface area contributed by atoms with Gasteiger partial charge in [-0.15, -0.1) is 0 Å². The van der Waals surface area contributed by atoms with Gasteiger partial charge in [-0.05, 0) is 68.4 Å². The Morgan fingerprint density at radius 1 is 0.971 bits per heavy atom. The molecule has 5 rings (SSSR count). The van der Waals surface area contributed by atoms with Crippen LogP contribution >= 0.6 is 0 Å². The van der Waals surface area contributed by atoms with Gasteiger partial charge in [0.1, 0.15) is 0 Å². The van der Waals surface area contributed by atoms with Gasteiger partial charge in [0.2, 0.25) is 21.8 Å². The van der Waals surface area contributed by atoms with Crippen LogP contribution in [0, 0.1) is 11.8 Å². The highest BCUT2D eigenvalue weighted by atomic mass is 32.2. The van der Waals surface area contributed by atoms with Crippen LogP contribution in [-0.2, 0) is 32.6 Å². The van der Waals surface area contributed by atoms with Crippen LogP contribution < -0.4 is 10.2 Å². The Labute approximate surface area is 201 Å². The lowest BCUT2D eigenvalue weighted by atomic mass is 9.97. The lowest BCUT2D eigenvalue weighted by molar-refractivity contribution is -0.126. The quantitative estimate of drug-likeness (QED) is 0.687. The topological polar surface area (TPSA) is 86.8 Å². The van der Waals surface area contributed by atoms with E-state index in [1.165, 1.54) is 4.31 Å². The van der Waals surface area contributed by atoms with E-state index in [1.54, 1.807) is 18.2 Å². The number of benzene rings is 2. The first-order valence-electron chi connectivity index (χ1n) is 12.1. The average molecular weight is 482 g/mol. The molecule has 0 spiro atoms. The maximum atomic E-state index is 13.3. The van der Waals surface area contributed by atoms with Crippen LogP contribution in [0.3, 0.4) is 0 Å². The summed E-state index contributed by atoms with van der Waals surface area (Å²) in [6, 6.07) is 14.9. The molecule has 8 heteroatoms. The number of amides is 2. The first kappa shape index (κ1) is 23.1. The van der Waals surface area contributed by atoms with Crippen molar-refractivity contribution < 1.29 is 18.0 Å². The summed E-state index contributed by atoms with van der Waals surface area (Å²) in [7, 11) is -3.65. The third kappa shape index (κ3) is 4.49. The van der Waals surface area contributed by atoms with Crippen molar-refractivity contribution in [3.05, 3.63) is 59.7 Å². The van der Waals surface area contributed by atoms with Crippen molar-refractivity contribution in [3.8, 4) is 0 Å². The van der Waals surface area contributed by atoms with E-state index < -0.39 is 10.0 Å². The Morgan fingerprint density at radius 2 is 1.68 bits per heavy atom. The molecule has 2 amide bonds. The molecule has 1 atom stereocenters. The van der Waals surface area contributed by atoms with Crippen molar-refractivity contribution in [2.75, 3.05) is 18.0 Å². The zero-order valence-corrected chi connectivity index (χ0v) is 20.3. The third-order valence-corrected chi connectivity index (χ3v) is 9.10. The van der Waals surface area contributed by atoms with Gasteiger partial charge in [0, 0.05) is 43.2 Å². The zero-order valence-electron chi connectivity index (χ0n) is 19.4. The molecule has 2 aromatic rings. The zero-order chi connectivity index (χ0) is 23.9. The minimum absolute atomic E-state index is 0.0205. The summed E-state index contributed by atoms with van der Waals surface area (Å²) >= 11 is 0. The van der Waals surface area contributed by atoms with Crippen LogP contribution in [0.1, 0.15) is 43.7 Å². The van der Waals surface area contributed by atoms with E-state index in [2.05, 4.69) is 5.32 Å². The predicted molar refractivity (Wildman–Crippen MR) is 130 cm³/mol. The molecule has 34 heavy (non-hydrogen) atoms. The molecule has 180 valence electrons. The third-order valence-electron chi connectivity index (χ3n) is 7.20. The summed E-state index contributed by atoms with van der Waals surface area (Å²) in [5.41, 5.74) is 2.80. The van der Waals surface area contributed by atoms with Gasteiger partial charge in [0.05, 0.1) is 4.90 Å². The lowest BCUT2D eigenvalue weighted by Gasteiger charge is -2.30. The first-order chi connectivity index (χ1) is 16.3. The molecule has 1 N–H and O–H groups in total. The standard InChI is InChI=1S/C26H31N3O4S/c1-18-15-22-16-23(9-10-24(22)29(18)26(31)21-7-8-21)34(32,33)28-13-11-20(12-14-28)25(30)27-17-19-5-3-2-4-6-19/h2-6,9-10,16,18,20-21H,7-8,11-15,17H2,1H3,(H,27,30)/t18-/m1/s1. The smallest absolute Gasteiger partial charge is 0.243 e. The van der Waals surface area contributed by atoms with E-state index in [-0.39, 0.29) is 34.6 Å². The highest BCUT2D eigenvalue weighted by molar-refractivity contribution is 7.89. The second kappa shape index (κ2) is 9.15. The van der Waals surface area contributed by atoms with E-state index in [9.17, 15) is 18.0 Å².